The van der Waals surface area contributed by atoms with Crippen LogP contribution < -0.4 is 0 Å². The Labute approximate surface area is 94.6 Å². The van der Waals surface area contributed by atoms with E-state index in [0.717, 1.165) is 25.7 Å². The first-order valence-electron chi connectivity index (χ1n) is 6.13. The Morgan fingerprint density at radius 3 is 2.40 bits per heavy atom. The van der Waals surface area contributed by atoms with Crippen LogP contribution in [0, 0.1) is 11.8 Å². The molecule has 1 N–H and O–H groups in total. The largest absolute Gasteiger partial charge is 0.396 e. The highest BCUT2D eigenvalue weighted by Crippen LogP contribution is 2.00. The molecule has 0 amide bonds. The van der Waals surface area contributed by atoms with Crippen LogP contribution in [0.25, 0.3) is 0 Å². The summed E-state index contributed by atoms with van der Waals surface area (Å²) in [5, 5.41) is 8.53. The van der Waals surface area contributed by atoms with Gasteiger partial charge in [-0.15, -0.1) is 11.8 Å². The van der Waals surface area contributed by atoms with Crippen LogP contribution in [-0.4, -0.2) is 11.7 Å². The van der Waals surface area contributed by atoms with Crippen molar-refractivity contribution in [2.45, 2.75) is 58.3 Å². The fraction of sp³-hybridized carbons (Fsp3) is 0.714. The van der Waals surface area contributed by atoms with Crippen molar-refractivity contribution in [3.05, 3.63) is 12.2 Å². The van der Waals surface area contributed by atoms with Gasteiger partial charge in [-0.25, -0.2) is 0 Å². The van der Waals surface area contributed by atoms with Crippen LogP contribution in [0.2, 0.25) is 0 Å². The van der Waals surface area contributed by atoms with E-state index in [-0.39, 0.29) is 6.61 Å². The average molecular weight is 208 g/mol. The molecule has 1 heteroatoms. The Kier molecular flexibility index (Phi) is 12.6. The van der Waals surface area contributed by atoms with Crippen LogP contribution in [0.4, 0.5) is 0 Å². The molecule has 0 aliphatic heterocycles. The molecular weight excluding hydrogens is 184 g/mol. The number of unbranched alkanes of at least 4 members (excludes halogenated alkanes) is 5. The van der Waals surface area contributed by atoms with Gasteiger partial charge in [0.05, 0.1) is 0 Å². The monoisotopic (exact) mass is 208 g/mol. The highest BCUT2D eigenvalue weighted by atomic mass is 16.2. The first kappa shape index (κ1) is 14.3. The molecule has 0 bridgehead atoms. The Hall–Kier alpha value is -0.740. The van der Waals surface area contributed by atoms with Crippen LogP contribution in [0.3, 0.4) is 0 Å². The molecule has 0 saturated carbocycles. The van der Waals surface area contributed by atoms with Gasteiger partial charge in [-0.1, -0.05) is 31.9 Å². The zero-order valence-electron chi connectivity index (χ0n) is 9.97. The highest BCUT2D eigenvalue weighted by Gasteiger charge is 1.81. The number of hydrogen-bond acceptors (Lipinski definition) is 1. The lowest BCUT2D eigenvalue weighted by Gasteiger charge is -1.91. The van der Waals surface area contributed by atoms with Crippen molar-refractivity contribution in [3.8, 4) is 11.8 Å². The Balaban J connectivity index is 3.17. The minimum Gasteiger partial charge on any atom is -0.396 e. The fourth-order valence-corrected chi connectivity index (χ4v) is 1.25. The van der Waals surface area contributed by atoms with Crippen molar-refractivity contribution >= 4 is 0 Å². The topological polar surface area (TPSA) is 20.2 Å². The molecular formula is C14H24O. The normalized spacial score (nSPS) is 10.3. The molecule has 0 radical (unpaired) electrons. The molecule has 0 heterocycles. The zero-order chi connectivity index (χ0) is 11.2. The quantitative estimate of drug-likeness (QED) is 0.366. The number of allylic oxidation sites excluding steroid dienone is 2. The maximum Gasteiger partial charge on any atom is 0.0440 e. The fourth-order valence-electron chi connectivity index (χ4n) is 1.25. The summed E-state index contributed by atoms with van der Waals surface area (Å²) in [5.74, 6) is 6.16. The van der Waals surface area contributed by atoms with Crippen molar-refractivity contribution < 1.29 is 5.11 Å². The smallest absolute Gasteiger partial charge is 0.0440 e. The van der Waals surface area contributed by atoms with Gasteiger partial charge in [0.25, 0.3) is 0 Å². The van der Waals surface area contributed by atoms with E-state index >= 15 is 0 Å². The molecule has 0 unspecified atom stereocenters. The van der Waals surface area contributed by atoms with Crippen molar-refractivity contribution in [2.24, 2.45) is 0 Å². The van der Waals surface area contributed by atoms with Crippen LogP contribution in [0.1, 0.15) is 58.3 Å². The van der Waals surface area contributed by atoms with Gasteiger partial charge in [0, 0.05) is 19.4 Å². The minimum atomic E-state index is 0.256. The summed E-state index contributed by atoms with van der Waals surface area (Å²) in [6.07, 6.45) is 13.3. The summed E-state index contributed by atoms with van der Waals surface area (Å²) < 4.78 is 0. The Morgan fingerprint density at radius 1 is 0.933 bits per heavy atom. The lowest BCUT2D eigenvalue weighted by atomic mass is 10.2. The highest BCUT2D eigenvalue weighted by molar-refractivity contribution is 5.00. The second kappa shape index (κ2) is 13.3. The molecule has 0 aromatic heterocycles. The standard InChI is InChI=1S/C14H24O/c1-2-3-4-5-6-7-8-9-10-11-12-13-14-15/h6-7,15H,2-5,8-9,12-14H2,1H3. The molecule has 0 aromatic rings. The Morgan fingerprint density at radius 2 is 1.67 bits per heavy atom. The summed E-state index contributed by atoms with van der Waals surface area (Å²) in [6.45, 7) is 2.48. The second-order valence-electron chi connectivity index (χ2n) is 3.69. The van der Waals surface area contributed by atoms with E-state index < -0.39 is 0 Å². The van der Waals surface area contributed by atoms with Crippen molar-refractivity contribution in [1.29, 1.82) is 0 Å². The molecule has 86 valence electrons. The van der Waals surface area contributed by atoms with E-state index in [4.69, 9.17) is 5.11 Å². The van der Waals surface area contributed by atoms with Crippen LogP contribution >= 0.6 is 0 Å². The number of aliphatic hydroxyl groups excluding tert-OH is 1. The molecule has 0 rings (SSSR count). The summed E-state index contributed by atoms with van der Waals surface area (Å²) in [4.78, 5) is 0. The summed E-state index contributed by atoms with van der Waals surface area (Å²) in [7, 11) is 0. The summed E-state index contributed by atoms with van der Waals surface area (Å²) in [5.41, 5.74) is 0. The third kappa shape index (κ3) is 13.3. The molecule has 0 aliphatic rings. The first-order valence-corrected chi connectivity index (χ1v) is 6.13. The van der Waals surface area contributed by atoms with E-state index in [2.05, 4.69) is 30.9 Å². The average Bonchev–Trinajstić information content (AvgIpc) is 2.26. The summed E-state index contributed by atoms with van der Waals surface area (Å²) >= 11 is 0. The van der Waals surface area contributed by atoms with Crippen molar-refractivity contribution in [1.82, 2.24) is 0 Å². The van der Waals surface area contributed by atoms with Gasteiger partial charge in [-0.2, -0.15) is 0 Å². The molecule has 0 spiro atoms. The molecule has 1 nitrogen and oxygen atoms in total. The predicted octanol–water partition coefficient (Wildman–Crippen LogP) is 3.68. The molecule has 0 atom stereocenters. The van der Waals surface area contributed by atoms with Gasteiger partial charge in [0.2, 0.25) is 0 Å². The van der Waals surface area contributed by atoms with Crippen LogP contribution in [0.15, 0.2) is 12.2 Å². The lowest BCUT2D eigenvalue weighted by Crippen LogP contribution is -1.78. The SMILES string of the molecule is CCCCCC=CCCC#CCCCO. The molecule has 0 aliphatic carbocycles. The molecule has 0 aromatic carbocycles. The number of hydrogen-bond donors (Lipinski definition) is 1. The van der Waals surface area contributed by atoms with Gasteiger partial charge in [0.15, 0.2) is 0 Å². The number of aliphatic hydroxyl groups is 1. The second-order valence-corrected chi connectivity index (χ2v) is 3.69. The molecule has 0 saturated heterocycles. The Bertz CT molecular complexity index is 195. The number of rotatable bonds is 8. The van der Waals surface area contributed by atoms with Crippen LogP contribution in [-0.2, 0) is 0 Å². The van der Waals surface area contributed by atoms with Crippen molar-refractivity contribution in [3.63, 3.8) is 0 Å². The minimum absolute atomic E-state index is 0.256. The van der Waals surface area contributed by atoms with E-state index in [1.165, 1.54) is 25.7 Å². The third-order valence-electron chi connectivity index (χ3n) is 2.16. The van der Waals surface area contributed by atoms with Gasteiger partial charge < -0.3 is 5.11 Å². The first-order chi connectivity index (χ1) is 7.41. The zero-order valence-corrected chi connectivity index (χ0v) is 9.97. The predicted molar refractivity (Wildman–Crippen MR) is 66.6 cm³/mol. The van der Waals surface area contributed by atoms with E-state index in [0.29, 0.717) is 0 Å². The maximum absolute atomic E-state index is 8.53. The maximum atomic E-state index is 8.53. The van der Waals surface area contributed by atoms with E-state index in [1.807, 2.05) is 0 Å². The van der Waals surface area contributed by atoms with E-state index in [1.54, 1.807) is 0 Å². The summed E-state index contributed by atoms with van der Waals surface area (Å²) in [6, 6.07) is 0. The lowest BCUT2D eigenvalue weighted by molar-refractivity contribution is 0.290. The van der Waals surface area contributed by atoms with Gasteiger partial charge >= 0.3 is 0 Å². The molecule has 15 heavy (non-hydrogen) atoms. The molecule has 0 fully saturated rings. The van der Waals surface area contributed by atoms with E-state index in [9.17, 15) is 0 Å². The van der Waals surface area contributed by atoms with Gasteiger partial charge in [-0.3, -0.25) is 0 Å². The van der Waals surface area contributed by atoms with Gasteiger partial charge in [0.1, 0.15) is 0 Å². The van der Waals surface area contributed by atoms with Gasteiger partial charge in [-0.05, 0) is 25.7 Å². The van der Waals surface area contributed by atoms with Crippen LogP contribution in [0.5, 0.6) is 0 Å². The third-order valence-corrected chi connectivity index (χ3v) is 2.16. The van der Waals surface area contributed by atoms with Crippen molar-refractivity contribution in [2.75, 3.05) is 6.61 Å².